The Kier molecular flexibility index (Phi) is 5.72. The van der Waals surface area contributed by atoms with Crippen LogP contribution in [0.1, 0.15) is 95.6 Å². The molecular weight excluding hydrogens is 404 g/mol. The van der Waals surface area contributed by atoms with E-state index >= 15 is 0 Å². The number of aliphatic hydroxyl groups excluding tert-OH is 2. The van der Waals surface area contributed by atoms with Gasteiger partial charge in [-0.15, -0.1) is 10.2 Å². The van der Waals surface area contributed by atoms with Crippen molar-refractivity contribution >= 4 is 5.78 Å². The highest BCUT2D eigenvalue weighted by atomic mass is 16.3. The second kappa shape index (κ2) is 8.15. The minimum absolute atomic E-state index is 0.0323. The minimum Gasteiger partial charge on any atom is -0.393 e. The van der Waals surface area contributed by atoms with Crippen molar-refractivity contribution in [3.63, 3.8) is 0 Å². The number of aliphatic hydroxyl groups is 2. The van der Waals surface area contributed by atoms with Crippen LogP contribution in [0.2, 0.25) is 0 Å². The molecule has 0 aliphatic heterocycles. The van der Waals surface area contributed by atoms with Crippen molar-refractivity contribution in [2.75, 3.05) is 0 Å². The first kappa shape index (κ1) is 22.5. The van der Waals surface area contributed by atoms with E-state index in [0.717, 1.165) is 32.1 Å². The zero-order chi connectivity index (χ0) is 22.7. The molecule has 1 heterocycles. The molecule has 5 rings (SSSR count). The SMILES string of the molecule is C[C@H](CCC(=O)c1nn[nH]n1)[C@H]1CC[C@H]2[C@@H]3[C@@H](O)C[C@@H]4C[C@H](O)CC[C@]4(C)[C@H]3CC[C@]12C. The Morgan fingerprint density at radius 3 is 2.59 bits per heavy atom. The standard InChI is InChI=1S/C25H40N4O3/c1-14(4-7-20(31)23-26-28-29-27-23)17-5-6-18-22-19(9-11-25(17,18)3)24(2)10-8-16(30)12-15(24)13-21(22)32/h14-19,21-22,30,32H,4-13H2,1-3H3,(H,26,27,28,29)/t14-,15+,16-,17-,18+,19+,21+,22+,24+,25-/m1/s1. The molecule has 0 amide bonds. The molecule has 0 bridgehead atoms. The van der Waals surface area contributed by atoms with Gasteiger partial charge in [0.1, 0.15) is 0 Å². The number of H-pyrrole nitrogens is 1. The highest BCUT2D eigenvalue weighted by Gasteiger charge is 2.62. The van der Waals surface area contributed by atoms with Crippen molar-refractivity contribution in [1.82, 2.24) is 20.6 Å². The van der Waals surface area contributed by atoms with Gasteiger partial charge in [-0.2, -0.15) is 5.21 Å². The molecule has 0 unspecified atom stereocenters. The number of nitrogens with one attached hydrogen (secondary N) is 1. The Balaban J connectivity index is 1.30. The zero-order valence-electron chi connectivity index (χ0n) is 19.8. The molecule has 0 spiro atoms. The van der Waals surface area contributed by atoms with Crippen LogP contribution < -0.4 is 0 Å². The lowest BCUT2D eigenvalue weighted by Crippen LogP contribution is -2.58. The van der Waals surface area contributed by atoms with Gasteiger partial charge < -0.3 is 10.2 Å². The molecule has 1 aromatic heterocycles. The van der Waals surface area contributed by atoms with E-state index in [4.69, 9.17) is 0 Å². The summed E-state index contributed by atoms with van der Waals surface area (Å²) in [5, 5.41) is 35.1. The van der Waals surface area contributed by atoms with Crippen LogP contribution >= 0.6 is 0 Å². The molecule has 4 saturated carbocycles. The summed E-state index contributed by atoms with van der Waals surface area (Å²) in [5.74, 6) is 3.22. The molecule has 7 nitrogen and oxygen atoms in total. The maximum absolute atomic E-state index is 12.4. The molecule has 4 aliphatic carbocycles. The second-order valence-electron chi connectivity index (χ2n) is 12.1. The van der Waals surface area contributed by atoms with Gasteiger partial charge in [-0.25, -0.2) is 0 Å². The fourth-order valence-electron chi connectivity index (χ4n) is 9.13. The predicted octanol–water partition coefficient (Wildman–Crippen LogP) is 3.79. The Bertz CT molecular complexity index is 831. The maximum atomic E-state index is 12.4. The molecule has 10 atom stereocenters. The number of carbonyl (C=O) groups excluding carboxylic acids is 1. The molecular formula is C25H40N4O3. The first-order valence-corrected chi connectivity index (χ1v) is 12.9. The van der Waals surface area contributed by atoms with Gasteiger partial charge in [-0.3, -0.25) is 4.79 Å². The molecule has 4 fully saturated rings. The van der Waals surface area contributed by atoms with E-state index in [1.54, 1.807) is 0 Å². The smallest absolute Gasteiger partial charge is 0.240 e. The van der Waals surface area contributed by atoms with Crippen molar-refractivity contribution in [1.29, 1.82) is 0 Å². The first-order valence-electron chi connectivity index (χ1n) is 12.9. The molecule has 7 heteroatoms. The molecule has 4 aliphatic rings. The summed E-state index contributed by atoms with van der Waals surface area (Å²) in [7, 11) is 0. The lowest BCUT2D eigenvalue weighted by Gasteiger charge is -2.62. The van der Waals surface area contributed by atoms with E-state index < -0.39 is 0 Å². The Hall–Kier alpha value is -1.34. The van der Waals surface area contributed by atoms with Gasteiger partial charge in [0.2, 0.25) is 11.6 Å². The summed E-state index contributed by atoms with van der Waals surface area (Å²) in [6, 6.07) is 0. The molecule has 178 valence electrons. The van der Waals surface area contributed by atoms with Crippen molar-refractivity contribution < 1.29 is 15.0 Å². The van der Waals surface area contributed by atoms with Gasteiger partial charge in [0.05, 0.1) is 12.2 Å². The number of carbonyl (C=O) groups is 1. The summed E-state index contributed by atoms with van der Waals surface area (Å²) in [6.45, 7) is 7.26. The molecule has 3 N–H and O–H groups in total. The van der Waals surface area contributed by atoms with Crippen LogP contribution in [0.25, 0.3) is 0 Å². The largest absolute Gasteiger partial charge is 0.393 e. The summed E-state index contributed by atoms with van der Waals surface area (Å²) < 4.78 is 0. The van der Waals surface area contributed by atoms with Gasteiger partial charge in [-0.1, -0.05) is 20.8 Å². The molecule has 32 heavy (non-hydrogen) atoms. The first-order chi connectivity index (χ1) is 15.2. The third-order valence-electron chi connectivity index (χ3n) is 10.8. The van der Waals surface area contributed by atoms with E-state index in [1.165, 1.54) is 25.7 Å². The quantitative estimate of drug-likeness (QED) is 0.596. The maximum Gasteiger partial charge on any atom is 0.240 e. The number of rotatable bonds is 5. The van der Waals surface area contributed by atoms with Crippen LogP contribution in [0.3, 0.4) is 0 Å². The summed E-state index contributed by atoms with van der Waals surface area (Å²) >= 11 is 0. The van der Waals surface area contributed by atoms with Crippen molar-refractivity contribution in [3.8, 4) is 0 Å². The molecule has 0 aromatic carbocycles. The third kappa shape index (κ3) is 3.46. The van der Waals surface area contributed by atoms with Gasteiger partial charge in [-0.05, 0) is 109 Å². The number of hydrogen-bond donors (Lipinski definition) is 3. The molecule has 1 aromatic rings. The van der Waals surface area contributed by atoms with E-state index in [1.807, 2.05) is 0 Å². The Morgan fingerprint density at radius 1 is 1.09 bits per heavy atom. The van der Waals surface area contributed by atoms with E-state index in [0.29, 0.717) is 41.9 Å². The van der Waals surface area contributed by atoms with Gasteiger partial charge >= 0.3 is 0 Å². The fourth-order valence-corrected chi connectivity index (χ4v) is 9.13. The number of Topliss-reactive ketones (excluding diaryl/α,β-unsaturated/α-hetero) is 1. The number of aromatic nitrogens is 4. The highest BCUT2D eigenvalue weighted by Crippen LogP contribution is 2.68. The number of tetrazole rings is 1. The van der Waals surface area contributed by atoms with Crippen LogP contribution in [-0.2, 0) is 0 Å². The second-order valence-corrected chi connectivity index (χ2v) is 12.1. The Labute approximate surface area is 191 Å². The van der Waals surface area contributed by atoms with Gasteiger partial charge in [0.25, 0.3) is 0 Å². The number of ketones is 1. The third-order valence-corrected chi connectivity index (χ3v) is 10.8. The fraction of sp³-hybridized carbons (Fsp3) is 0.920. The monoisotopic (exact) mass is 444 g/mol. The van der Waals surface area contributed by atoms with Gasteiger partial charge in [0, 0.05) is 6.42 Å². The predicted molar refractivity (Wildman–Crippen MR) is 120 cm³/mol. The number of aromatic amines is 1. The van der Waals surface area contributed by atoms with Crippen molar-refractivity contribution in [3.05, 3.63) is 5.82 Å². The van der Waals surface area contributed by atoms with E-state index in [9.17, 15) is 15.0 Å². The van der Waals surface area contributed by atoms with Crippen molar-refractivity contribution in [2.45, 2.75) is 97.2 Å². The van der Waals surface area contributed by atoms with Crippen LogP contribution in [0.4, 0.5) is 0 Å². The normalized spacial score (nSPS) is 46.7. The average Bonchev–Trinajstić information content (AvgIpc) is 3.41. The number of hydrogen-bond acceptors (Lipinski definition) is 6. The van der Waals surface area contributed by atoms with E-state index in [2.05, 4.69) is 41.4 Å². The average molecular weight is 445 g/mol. The number of nitrogens with zero attached hydrogens (tertiary/aromatic N) is 3. The summed E-state index contributed by atoms with van der Waals surface area (Å²) in [5.41, 5.74) is 0.513. The van der Waals surface area contributed by atoms with Crippen LogP contribution in [0, 0.1) is 46.3 Å². The molecule has 0 saturated heterocycles. The summed E-state index contributed by atoms with van der Waals surface area (Å²) in [6.07, 6.45) is 9.49. The van der Waals surface area contributed by atoms with Gasteiger partial charge in [0.15, 0.2) is 0 Å². The number of fused-ring (bicyclic) bond motifs is 5. The molecule has 0 radical (unpaired) electrons. The van der Waals surface area contributed by atoms with Crippen molar-refractivity contribution in [2.24, 2.45) is 46.3 Å². The summed E-state index contributed by atoms with van der Waals surface area (Å²) in [4.78, 5) is 12.4. The van der Waals surface area contributed by atoms with E-state index in [-0.39, 0.29) is 34.6 Å². The highest BCUT2D eigenvalue weighted by molar-refractivity contribution is 5.92. The minimum atomic E-state index is -0.234. The topological polar surface area (TPSA) is 112 Å². The van der Waals surface area contributed by atoms with Crippen LogP contribution in [-0.4, -0.2) is 48.8 Å². The lowest BCUT2D eigenvalue weighted by molar-refractivity contribution is -0.174. The van der Waals surface area contributed by atoms with Crippen LogP contribution in [0.5, 0.6) is 0 Å². The lowest BCUT2D eigenvalue weighted by atomic mass is 9.43. The zero-order valence-corrected chi connectivity index (χ0v) is 19.8. The van der Waals surface area contributed by atoms with Crippen LogP contribution in [0.15, 0.2) is 0 Å². The Morgan fingerprint density at radius 2 is 1.84 bits per heavy atom.